The molecule has 2 amide bonds. The van der Waals surface area contributed by atoms with Crippen LogP contribution in [0.15, 0.2) is 72.8 Å². The second-order valence-electron chi connectivity index (χ2n) is 9.48. The molecule has 0 bridgehead atoms. The first-order valence-electron chi connectivity index (χ1n) is 12.3. The zero-order chi connectivity index (χ0) is 26.5. The van der Waals surface area contributed by atoms with Gasteiger partial charge >= 0.3 is 0 Å². The van der Waals surface area contributed by atoms with E-state index in [1.165, 1.54) is 12.1 Å². The molecule has 4 rings (SSSR count). The highest BCUT2D eigenvalue weighted by Gasteiger charge is 2.31. The molecule has 3 aromatic rings. The van der Waals surface area contributed by atoms with Crippen molar-refractivity contribution >= 4 is 52.8 Å². The van der Waals surface area contributed by atoms with Gasteiger partial charge in [-0.15, -0.1) is 12.4 Å². The Bertz CT molecular complexity index is 1330. The number of rotatable bonds is 6. The topological polar surface area (TPSA) is 52.7 Å². The maximum Gasteiger partial charge on any atom is 0.259 e. The van der Waals surface area contributed by atoms with E-state index in [0.29, 0.717) is 40.9 Å². The van der Waals surface area contributed by atoms with Crippen LogP contribution in [0, 0.1) is 12.7 Å². The van der Waals surface area contributed by atoms with Gasteiger partial charge in [-0.25, -0.2) is 4.39 Å². The van der Waals surface area contributed by atoms with Crippen LogP contribution in [0.2, 0.25) is 0 Å². The summed E-state index contributed by atoms with van der Waals surface area (Å²) in [4.78, 5) is 29.9. The lowest BCUT2D eigenvalue weighted by atomic mass is 9.99. The van der Waals surface area contributed by atoms with Crippen molar-refractivity contribution in [1.29, 1.82) is 0 Å². The van der Waals surface area contributed by atoms with Gasteiger partial charge in [-0.3, -0.25) is 14.5 Å². The highest BCUT2D eigenvalue weighted by atomic mass is 35.5. The minimum atomic E-state index is -0.586. The van der Waals surface area contributed by atoms with Crippen LogP contribution in [-0.4, -0.2) is 42.9 Å². The van der Waals surface area contributed by atoms with E-state index in [9.17, 15) is 14.0 Å². The predicted octanol–water partition coefficient (Wildman–Crippen LogP) is 7.15. The Morgan fingerprint density at radius 2 is 1.82 bits per heavy atom. The number of halogens is 3. The minimum absolute atomic E-state index is 0. The summed E-state index contributed by atoms with van der Waals surface area (Å²) >= 11 is 6.75. The first-order valence-corrected chi connectivity index (χ1v) is 12.8. The van der Waals surface area contributed by atoms with E-state index < -0.39 is 5.50 Å². The van der Waals surface area contributed by atoms with Crippen molar-refractivity contribution in [2.45, 2.75) is 31.7 Å². The lowest BCUT2D eigenvalue weighted by molar-refractivity contribution is 0.0982. The number of nitrogens with one attached hydrogen (secondary N) is 1. The number of amides is 2. The van der Waals surface area contributed by atoms with Crippen LogP contribution in [0.25, 0.3) is 5.57 Å². The zero-order valence-electron chi connectivity index (χ0n) is 21.7. The van der Waals surface area contributed by atoms with Gasteiger partial charge in [0.25, 0.3) is 11.8 Å². The molecule has 0 aromatic heterocycles. The monoisotopic (exact) mass is 555 g/mol. The van der Waals surface area contributed by atoms with Crippen LogP contribution in [-0.2, 0) is 0 Å². The number of carbonyl (C=O) groups is 2. The molecule has 0 saturated heterocycles. The van der Waals surface area contributed by atoms with E-state index in [4.69, 9.17) is 11.6 Å². The van der Waals surface area contributed by atoms with E-state index in [-0.39, 0.29) is 30.0 Å². The second kappa shape index (κ2) is 13.1. The number of hydrogen-bond donors (Lipinski definition) is 1. The fraction of sp³-hybridized carbons (Fsp3) is 0.267. The predicted molar refractivity (Wildman–Crippen MR) is 156 cm³/mol. The van der Waals surface area contributed by atoms with Gasteiger partial charge in [-0.2, -0.15) is 0 Å². The second-order valence-corrected chi connectivity index (χ2v) is 9.98. The third-order valence-corrected chi connectivity index (χ3v) is 6.87. The Hall–Kier alpha value is -3.19. The van der Waals surface area contributed by atoms with Crippen molar-refractivity contribution < 1.29 is 14.0 Å². The Kier molecular flexibility index (Phi) is 10.1. The third-order valence-electron chi connectivity index (χ3n) is 6.46. The SMILES string of the molecule is Cc1ccccc1C(=O)Nc1ccc(C(=O)N2c3ccc(F)cc3C(=CCCN(C)C)CCC2Cl)cc1.Cl. The molecular weight excluding hydrogens is 524 g/mol. The first-order chi connectivity index (χ1) is 17.7. The molecule has 1 aliphatic rings. The van der Waals surface area contributed by atoms with E-state index in [0.717, 1.165) is 24.1 Å². The number of nitrogens with zero attached hydrogens (tertiary/aromatic N) is 2. The lowest BCUT2D eigenvalue weighted by Gasteiger charge is -2.27. The fourth-order valence-corrected chi connectivity index (χ4v) is 4.77. The molecule has 1 aliphatic heterocycles. The van der Waals surface area contributed by atoms with Gasteiger partial charge in [0, 0.05) is 28.9 Å². The van der Waals surface area contributed by atoms with Crippen molar-refractivity contribution in [3.8, 4) is 0 Å². The molecule has 1 heterocycles. The van der Waals surface area contributed by atoms with Gasteiger partial charge < -0.3 is 10.2 Å². The van der Waals surface area contributed by atoms with Crippen molar-refractivity contribution in [2.24, 2.45) is 0 Å². The zero-order valence-corrected chi connectivity index (χ0v) is 23.3. The number of anilines is 2. The van der Waals surface area contributed by atoms with Crippen molar-refractivity contribution in [2.75, 3.05) is 30.9 Å². The molecule has 200 valence electrons. The van der Waals surface area contributed by atoms with Crippen LogP contribution < -0.4 is 10.2 Å². The molecule has 1 N–H and O–H groups in total. The number of aryl methyl sites for hydroxylation is 1. The molecule has 1 unspecified atom stereocenters. The number of allylic oxidation sites excluding steroid dienone is 1. The number of fused-ring (bicyclic) bond motifs is 1. The van der Waals surface area contributed by atoms with Crippen molar-refractivity contribution in [1.82, 2.24) is 4.90 Å². The normalized spacial score (nSPS) is 16.0. The van der Waals surface area contributed by atoms with Crippen LogP contribution >= 0.6 is 24.0 Å². The van der Waals surface area contributed by atoms with E-state index in [1.807, 2.05) is 39.2 Å². The van der Waals surface area contributed by atoms with Gasteiger partial charge in [-0.05, 0) is 99.9 Å². The van der Waals surface area contributed by atoms with Gasteiger partial charge in [0.05, 0.1) is 5.69 Å². The highest BCUT2D eigenvalue weighted by Crippen LogP contribution is 2.39. The summed E-state index contributed by atoms with van der Waals surface area (Å²) in [5.41, 5.74) is 4.17. The summed E-state index contributed by atoms with van der Waals surface area (Å²) in [7, 11) is 4.02. The quantitative estimate of drug-likeness (QED) is 0.259. The summed E-state index contributed by atoms with van der Waals surface area (Å²) in [6.45, 7) is 2.75. The van der Waals surface area contributed by atoms with Gasteiger partial charge in [0.2, 0.25) is 0 Å². The van der Waals surface area contributed by atoms with E-state index in [2.05, 4.69) is 16.3 Å². The number of carbonyl (C=O) groups excluding carboxylic acids is 2. The van der Waals surface area contributed by atoms with Crippen molar-refractivity contribution in [3.63, 3.8) is 0 Å². The standard InChI is InChI=1S/C30H31ClFN3O2.ClH/c1-20-7-4-5-9-25(20)29(36)33-24-14-10-22(11-15-24)30(37)35-27-16-13-23(32)19-26(27)21(12-17-28(35)31)8-6-18-34(2)3;/h4-5,7-11,13-16,19,28H,6,12,17-18H2,1-3H3,(H,33,36);1H. The highest BCUT2D eigenvalue weighted by molar-refractivity contribution is 6.26. The summed E-state index contributed by atoms with van der Waals surface area (Å²) < 4.78 is 14.3. The molecule has 8 heteroatoms. The molecule has 1 atom stereocenters. The summed E-state index contributed by atoms with van der Waals surface area (Å²) in [5, 5.41) is 2.88. The minimum Gasteiger partial charge on any atom is -0.322 e. The maximum atomic E-state index is 14.3. The molecule has 38 heavy (non-hydrogen) atoms. The third kappa shape index (κ3) is 6.81. The average molecular weight is 557 g/mol. The summed E-state index contributed by atoms with van der Waals surface area (Å²) in [5.74, 6) is -0.847. The van der Waals surface area contributed by atoms with Crippen LogP contribution in [0.4, 0.5) is 15.8 Å². The van der Waals surface area contributed by atoms with Crippen molar-refractivity contribution in [3.05, 3.63) is 101 Å². The molecule has 0 saturated carbocycles. The average Bonchev–Trinajstić information content (AvgIpc) is 3.00. The fourth-order valence-electron chi connectivity index (χ4n) is 4.47. The lowest BCUT2D eigenvalue weighted by Crippen LogP contribution is -2.37. The van der Waals surface area contributed by atoms with Gasteiger partial charge in [0.15, 0.2) is 0 Å². The van der Waals surface area contributed by atoms with E-state index >= 15 is 0 Å². The molecule has 0 spiro atoms. The molecule has 0 aliphatic carbocycles. The molecule has 3 aromatic carbocycles. The maximum absolute atomic E-state index is 14.3. The molecule has 0 radical (unpaired) electrons. The van der Waals surface area contributed by atoms with Gasteiger partial charge in [0.1, 0.15) is 11.3 Å². The smallest absolute Gasteiger partial charge is 0.259 e. The number of benzene rings is 3. The Morgan fingerprint density at radius 3 is 2.50 bits per heavy atom. The largest absolute Gasteiger partial charge is 0.322 e. The van der Waals surface area contributed by atoms with Crippen LogP contribution in [0.5, 0.6) is 0 Å². The summed E-state index contributed by atoms with van der Waals surface area (Å²) in [6, 6.07) is 18.5. The van der Waals surface area contributed by atoms with Crippen LogP contribution in [0.1, 0.15) is 51.1 Å². The number of alkyl halides is 1. The Balaban J connectivity index is 0.00000400. The molecule has 0 fully saturated rings. The number of hydrogen-bond acceptors (Lipinski definition) is 3. The van der Waals surface area contributed by atoms with E-state index in [1.54, 1.807) is 41.3 Å². The first kappa shape index (κ1) is 29.4. The molecular formula is C30H32Cl2FN3O2. The van der Waals surface area contributed by atoms with Crippen LogP contribution in [0.3, 0.4) is 0 Å². The Labute approximate surface area is 234 Å². The van der Waals surface area contributed by atoms with Gasteiger partial charge in [-0.1, -0.05) is 35.9 Å². The molecule has 5 nitrogen and oxygen atoms in total. The summed E-state index contributed by atoms with van der Waals surface area (Å²) in [6.07, 6.45) is 4.12. The Morgan fingerprint density at radius 1 is 1.11 bits per heavy atom.